The summed E-state index contributed by atoms with van der Waals surface area (Å²) in [5.41, 5.74) is 1.99. The van der Waals surface area contributed by atoms with Gasteiger partial charge in [0.25, 0.3) is 5.56 Å². The third kappa shape index (κ3) is 2.22. The van der Waals surface area contributed by atoms with Crippen LogP contribution in [0.5, 0.6) is 0 Å². The maximum Gasteiger partial charge on any atom is 0.253 e. The fraction of sp³-hybridized carbons (Fsp3) is 0.500. The molecular weight excluding hydrogens is 150 g/mol. The van der Waals surface area contributed by atoms with Gasteiger partial charge in [-0.3, -0.25) is 4.79 Å². The van der Waals surface area contributed by atoms with Crippen LogP contribution >= 0.6 is 0 Å². The van der Waals surface area contributed by atoms with Gasteiger partial charge in [0, 0.05) is 18.8 Å². The lowest BCUT2D eigenvalue weighted by atomic mass is 10.2. The first-order valence-corrected chi connectivity index (χ1v) is 4.26. The largest absolute Gasteiger partial charge is 0.318 e. The lowest BCUT2D eigenvalue weighted by molar-refractivity contribution is 0.843. The van der Waals surface area contributed by atoms with E-state index in [4.69, 9.17) is 0 Å². The van der Waals surface area contributed by atoms with E-state index < -0.39 is 0 Å². The van der Waals surface area contributed by atoms with Crippen molar-refractivity contribution >= 4 is 0 Å². The van der Waals surface area contributed by atoms with Crippen molar-refractivity contribution in [1.29, 1.82) is 0 Å². The van der Waals surface area contributed by atoms with Gasteiger partial charge < -0.3 is 4.57 Å². The van der Waals surface area contributed by atoms with Gasteiger partial charge in [0.1, 0.15) is 0 Å². The second-order valence-corrected chi connectivity index (χ2v) is 2.54. The van der Waals surface area contributed by atoms with Gasteiger partial charge in [-0.1, -0.05) is 13.8 Å². The molecule has 2 heteroatoms. The highest BCUT2D eigenvalue weighted by Gasteiger charge is 1.96. The molecule has 0 aromatic carbocycles. The summed E-state index contributed by atoms with van der Waals surface area (Å²) in [6, 6.07) is 1.94. The molecule has 0 aliphatic heterocycles. The summed E-state index contributed by atoms with van der Waals surface area (Å²) in [6.07, 6.45) is 1.78. The van der Waals surface area contributed by atoms with Gasteiger partial charge in [-0.15, -0.1) is 0 Å². The van der Waals surface area contributed by atoms with E-state index in [0.29, 0.717) is 0 Å². The van der Waals surface area contributed by atoms with Crippen molar-refractivity contribution in [2.24, 2.45) is 7.05 Å². The molecule has 0 aliphatic rings. The van der Waals surface area contributed by atoms with Gasteiger partial charge in [-0.25, -0.2) is 0 Å². The number of aromatic nitrogens is 1. The SMILES string of the molecule is CC.Cc1ccn(C)c(=O)c1C. The number of hydrogen-bond acceptors (Lipinski definition) is 1. The number of hydrogen-bond donors (Lipinski definition) is 0. The second kappa shape index (κ2) is 4.75. The van der Waals surface area contributed by atoms with Crippen molar-refractivity contribution in [3.63, 3.8) is 0 Å². The van der Waals surface area contributed by atoms with Gasteiger partial charge in [0.05, 0.1) is 0 Å². The topological polar surface area (TPSA) is 22.0 Å². The van der Waals surface area contributed by atoms with Crippen LogP contribution in [-0.2, 0) is 7.05 Å². The van der Waals surface area contributed by atoms with Crippen molar-refractivity contribution in [2.45, 2.75) is 27.7 Å². The average molecular weight is 167 g/mol. The minimum absolute atomic E-state index is 0.0972. The van der Waals surface area contributed by atoms with E-state index in [0.717, 1.165) is 11.1 Å². The molecule has 0 fully saturated rings. The normalized spacial score (nSPS) is 8.75. The lowest BCUT2D eigenvalue weighted by Gasteiger charge is -2.00. The molecular formula is C10H17NO. The molecule has 0 spiro atoms. The summed E-state index contributed by atoms with van der Waals surface area (Å²) in [4.78, 5) is 11.2. The summed E-state index contributed by atoms with van der Waals surface area (Å²) in [5.74, 6) is 0. The Labute approximate surface area is 73.9 Å². The Morgan fingerprint density at radius 1 is 1.25 bits per heavy atom. The quantitative estimate of drug-likeness (QED) is 0.579. The molecule has 0 N–H and O–H groups in total. The highest BCUT2D eigenvalue weighted by atomic mass is 16.1. The van der Waals surface area contributed by atoms with Gasteiger partial charge >= 0.3 is 0 Å². The molecule has 0 amide bonds. The summed E-state index contributed by atoms with van der Waals surface area (Å²) in [6.45, 7) is 7.79. The molecule has 0 bridgehead atoms. The zero-order valence-electron chi connectivity index (χ0n) is 8.51. The molecule has 0 aliphatic carbocycles. The maximum atomic E-state index is 11.2. The molecule has 0 unspecified atom stereocenters. The van der Waals surface area contributed by atoms with Crippen LogP contribution in [0.3, 0.4) is 0 Å². The molecule has 1 heterocycles. The van der Waals surface area contributed by atoms with E-state index in [1.165, 1.54) is 0 Å². The molecule has 2 nitrogen and oxygen atoms in total. The molecule has 1 aromatic rings. The van der Waals surface area contributed by atoms with E-state index >= 15 is 0 Å². The first-order valence-electron chi connectivity index (χ1n) is 4.26. The van der Waals surface area contributed by atoms with Crippen LogP contribution in [0.25, 0.3) is 0 Å². The predicted octanol–water partition coefficient (Wildman–Crippen LogP) is 2.03. The monoisotopic (exact) mass is 167 g/mol. The third-order valence-corrected chi connectivity index (χ3v) is 1.78. The summed E-state index contributed by atoms with van der Waals surface area (Å²) in [5, 5.41) is 0. The van der Waals surface area contributed by atoms with Gasteiger partial charge in [0.15, 0.2) is 0 Å². The van der Waals surface area contributed by atoms with Gasteiger partial charge in [0.2, 0.25) is 0 Å². The fourth-order valence-electron chi connectivity index (χ4n) is 0.850. The van der Waals surface area contributed by atoms with Crippen LogP contribution in [-0.4, -0.2) is 4.57 Å². The van der Waals surface area contributed by atoms with Gasteiger partial charge in [-0.2, -0.15) is 0 Å². The Balaban J connectivity index is 0.000000561. The van der Waals surface area contributed by atoms with Crippen LogP contribution in [0.15, 0.2) is 17.1 Å². The molecule has 68 valence electrons. The molecule has 12 heavy (non-hydrogen) atoms. The highest BCUT2D eigenvalue weighted by Crippen LogP contribution is 1.97. The predicted molar refractivity (Wildman–Crippen MR) is 52.5 cm³/mol. The van der Waals surface area contributed by atoms with E-state index in [1.807, 2.05) is 33.8 Å². The Kier molecular flexibility index (Phi) is 4.34. The minimum atomic E-state index is 0.0972. The Hall–Kier alpha value is -1.05. The van der Waals surface area contributed by atoms with Crippen molar-refractivity contribution in [3.8, 4) is 0 Å². The fourth-order valence-corrected chi connectivity index (χ4v) is 0.850. The van der Waals surface area contributed by atoms with E-state index in [1.54, 1.807) is 17.8 Å². The number of pyridine rings is 1. The summed E-state index contributed by atoms with van der Waals surface area (Å²) in [7, 11) is 1.76. The summed E-state index contributed by atoms with van der Waals surface area (Å²) < 4.78 is 1.59. The minimum Gasteiger partial charge on any atom is -0.318 e. The number of rotatable bonds is 0. The molecule has 0 radical (unpaired) electrons. The van der Waals surface area contributed by atoms with Crippen LogP contribution in [0.2, 0.25) is 0 Å². The van der Waals surface area contributed by atoms with Crippen LogP contribution in [0.1, 0.15) is 25.0 Å². The second-order valence-electron chi connectivity index (χ2n) is 2.54. The van der Waals surface area contributed by atoms with E-state index in [9.17, 15) is 4.79 Å². The first kappa shape index (κ1) is 11.0. The third-order valence-electron chi connectivity index (χ3n) is 1.78. The van der Waals surface area contributed by atoms with Crippen LogP contribution in [0, 0.1) is 13.8 Å². The Bertz CT molecular complexity index is 299. The van der Waals surface area contributed by atoms with Crippen molar-refractivity contribution in [1.82, 2.24) is 4.57 Å². The number of nitrogens with zero attached hydrogens (tertiary/aromatic N) is 1. The average Bonchev–Trinajstić information content (AvgIpc) is 2.12. The Morgan fingerprint density at radius 3 is 2.17 bits per heavy atom. The van der Waals surface area contributed by atoms with Crippen LogP contribution < -0.4 is 5.56 Å². The van der Waals surface area contributed by atoms with E-state index in [-0.39, 0.29) is 5.56 Å². The van der Waals surface area contributed by atoms with Crippen LogP contribution in [0.4, 0.5) is 0 Å². The van der Waals surface area contributed by atoms with Gasteiger partial charge in [-0.05, 0) is 25.5 Å². The standard InChI is InChI=1S/C8H11NO.C2H6/c1-6-4-5-9(3)8(10)7(6)2;1-2/h4-5H,1-3H3;1-2H3. The summed E-state index contributed by atoms with van der Waals surface area (Å²) >= 11 is 0. The first-order chi connectivity index (χ1) is 5.63. The van der Waals surface area contributed by atoms with Crippen molar-refractivity contribution < 1.29 is 0 Å². The molecule has 1 aromatic heterocycles. The Morgan fingerprint density at radius 2 is 1.75 bits per heavy atom. The molecule has 0 atom stereocenters. The smallest absolute Gasteiger partial charge is 0.253 e. The zero-order chi connectivity index (χ0) is 9.72. The molecule has 0 saturated heterocycles. The molecule has 1 rings (SSSR count). The van der Waals surface area contributed by atoms with Crippen molar-refractivity contribution in [3.05, 3.63) is 33.7 Å². The lowest BCUT2D eigenvalue weighted by Crippen LogP contribution is -2.18. The van der Waals surface area contributed by atoms with E-state index in [2.05, 4.69) is 0 Å². The highest BCUT2D eigenvalue weighted by molar-refractivity contribution is 5.20. The zero-order valence-corrected chi connectivity index (χ0v) is 8.51. The maximum absolute atomic E-state index is 11.2. The molecule has 0 saturated carbocycles. The number of aryl methyl sites for hydroxylation is 2. The van der Waals surface area contributed by atoms with Crippen molar-refractivity contribution in [2.75, 3.05) is 0 Å².